The van der Waals surface area contributed by atoms with Gasteiger partial charge >= 0.3 is 0 Å². The second-order valence-corrected chi connectivity index (χ2v) is 7.60. The Morgan fingerprint density at radius 3 is 2.63 bits per heavy atom. The summed E-state index contributed by atoms with van der Waals surface area (Å²) in [5.74, 6) is 0. The van der Waals surface area contributed by atoms with Gasteiger partial charge in [0, 0.05) is 7.05 Å². The second-order valence-electron chi connectivity index (χ2n) is 3.69. The van der Waals surface area contributed by atoms with E-state index in [2.05, 4.69) is 0 Å². The van der Waals surface area contributed by atoms with Gasteiger partial charge in [0.05, 0.1) is 21.7 Å². The lowest BCUT2D eigenvalue weighted by Crippen LogP contribution is -2.25. The van der Waals surface area contributed by atoms with Crippen LogP contribution in [0.25, 0.3) is 0 Å². The maximum Gasteiger partial charge on any atom is 0.273 e. The Balaban J connectivity index is 2.43. The fourth-order valence-electron chi connectivity index (χ4n) is 1.48. The third-order valence-electron chi connectivity index (χ3n) is 2.50. The van der Waals surface area contributed by atoms with Gasteiger partial charge < -0.3 is 0 Å². The molecule has 19 heavy (non-hydrogen) atoms. The average Bonchev–Trinajstić information content (AvgIpc) is 2.85. The molecule has 2 aromatic rings. The number of thiophene rings is 1. The number of hydrogen-bond donors (Lipinski definition) is 0. The average molecular weight is 313 g/mol. The van der Waals surface area contributed by atoms with E-state index in [1.165, 1.54) is 19.2 Å². The van der Waals surface area contributed by atoms with Gasteiger partial charge in [-0.15, -0.1) is 11.3 Å². The molecular weight excluding hydrogens is 304 g/mol. The van der Waals surface area contributed by atoms with Crippen molar-refractivity contribution in [2.45, 2.75) is 4.21 Å². The van der Waals surface area contributed by atoms with Crippen molar-refractivity contribution in [1.29, 1.82) is 5.26 Å². The zero-order valence-corrected chi connectivity index (χ0v) is 12.3. The van der Waals surface area contributed by atoms with Crippen molar-refractivity contribution in [2.75, 3.05) is 11.4 Å². The van der Waals surface area contributed by atoms with Gasteiger partial charge in [0.15, 0.2) is 0 Å². The molecule has 2 rings (SSSR count). The van der Waals surface area contributed by atoms with Gasteiger partial charge in [0.1, 0.15) is 4.21 Å². The van der Waals surface area contributed by atoms with E-state index in [1.807, 2.05) is 6.07 Å². The van der Waals surface area contributed by atoms with Gasteiger partial charge in [0.2, 0.25) is 0 Å². The first-order valence-electron chi connectivity index (χ1n) is 5.19. The molecule has 0 radical (unpaired) electrons. The van der Waals surface area contributed by atoms with Crippen LogP contribution in [0.3, 0.4) is 0 Å². The molecule has 0 saturated carbocycles. The Kier molecular flexibility index (Phi) is 3.80. The van der Waals surface area contributed by atoms with E-state index in [1.54, 1.807) is 24.3 Å². The van der Waals surface area contributed by atoms with Crippen LogP contribution >= 0.6 is 22.9 Å². The van der Waals surface area contributed by atoms with Crippen molar-refractivity contribution in [2.24, 2.45) is 0 Å². The fraction of sp³-hybridized carbons (Fsp3) is 0.0833. The van der Waals surface area contributed by atoms with E-state index in [0.29, 0.717) is 15.6 Å². The molecule has 0 saturated heterocycles. The zero-order chi connectivity index (χ0) is 14.0. The summed E-state index contributed by atoms with van der Waals surface area (Å²) in [5.41, 5.74) is 0.840. The van der Waals surface area contributed by atoms with Crippen LogP contribution in [0.1, 0.15) is 5.56 Å². The van der Waals surface area contributed by atoms with Crippen LogP contribution in [-0.4, -0.2) is 15.5 Å². The summed E-state index contributed by atoms with van der Waals surface area (Å²) in [4.78, 5) is 0. The molecule has 1 aromatic carbocycles. The van der Waals surface area contributed by atoms with E-state index >= 15 is 0 Å². The van der Waals surface area contributed by atoms with E-state index < -0.39 is 10.0 Å². The number of anilines is 1. The van der Waals surface area contributed by atoms with Crippen LogP contribution in [0.2, 0.25) is 4.34 Å². The normalized spacial score (nSPS) is 11.0. The number of rotatable bonds is 3. The molecule has 0 aliphatic carbocycles. The minimum absolute atomic E-state index is 0.169. The first-order chi connectivity index (χ1) is 8.95. The number of benzene rings is 1. The quantitative estimate of drug-likeness (QED) is 0.875. The van der Waals surface area contributed by atoms with Crippen molar-refractivity contribution in [1.82, 2.24) is 0 Å². The first kappa shape index (κ1) is 13.9. The predicted octanol–water partition coefficient (Wildman–Crippen LogP) is 3.10. The molecule has 0 amide bonds. The second kappa shape index (κ2) is 5.21. The molecule has 0 bridgehead atoms. The summed E-state index contributed by atoms with van der Waals surface area (Å²) in [6.07, 6.45) is 0. The first-order valence-corrected chi connectivity index (χ1v) is 7.83. The monoisotopic (exact) mass is 312 g/mol. The summed E-state index contributed by atoms with van der Waals surface area (Å²) in [6.45, 7) is 0. The Labute approximate surface area is 120 Å². The highest BCUT2D eigenvalue weighted by Gasteiger charge is 2.23. The number of sulfonamides is 1. The lowest BCUT2D eigenvalue weighted by atomic mass is 10.2. The molecule has 0 fully saturated rings. The molecular formula is C12H9ClN2O2S2. The fourth-order valence-corrected chi connectivity index (χ4v) is 4.32. The Morgan fingerprint density at radius 1 is 1.32 bits per heavy atom. The van der Waals surface area contributed by atoms with Gasteiger partial charge in [0.25, 0.3) is 10.0 Å². The predicted molar refractivity (Wildman–Crippen MR) is 76.1 cm³/mol. The summed E-state index contributed by atoms with van der Waals surface area (Å²) in [5, 5.41) is 8.83. The van der Waals surface area contributed by atoms with Gasteiger partial charge in [-0.1, -0.05) is 17.7 Å². The van der Waals surface area contributed by atoms with E-state index in [4.69, 9.17) is 16.9 Å². The lowest BCUT2D eigenvalue weighted by Gasteiger charge is -2.18. The highest BCUT2D eigenvalue weighted by Crippen LogP contribution is 2.30. The number of nitriles is 1. The zero-order valence-electron chi connectivity index (χ0n) is 9.87. The van der Waals surface area contributed by atoms with Gasteiger partial charge in [-0.2, -0.15) is 5.26 Å². The van der Waals surface area contributed by atoms with Crippen LogP contribution < -0.4 is 4.31 Å². The summed E-state index contributed by atoms with van der Waals surface area (Å²) in [7, 11) is -2.19. The van der Waals surface area contributed by atoms with Crippen molar-refractivity contribution >= 4 is 38.6 Å². The van der Waals surface area contributed by atoms with Crippen LogP contribution in [0.15, 0.2) is 40.6 Å². The van der Waals surface area contributed by atoms with Crippen molar-refractivity contribution in [3.05, 3.63) is 46.3 Å². The summed E-state index contributed by atoms with van der Waals surface area (Å²) >= 11 is 6.76. The maximum atomic E-state index is 12.3. The third-order valence-corrected chi connectivity index (χ3v) is 5.99. The summed E-state index contributed by atoms with van der Waals surface area (Å²) < 4.78 is 26.4. The SMILES string of the molecule is CN(c1cccc(C#N)c1)S(=O)(=O)c1ccc(Cl)s1. The molecule has 0 aliphatic rings. The number of nitrogens with zero attached hydrogens (tertiary/aromatic N) is 2. The van der Waals surface area contributed by atoms with Crippen molar-refractivity contribution in [3.63, 3.8) is 0 Å². The standard InChI is InChI=1S/C12H9ClN2O2S2/c1-15(10-4-2-3-9(7-10)8-14)19(16,17)12-6-5-11(13)18-12/h2-7H,1H3. The molecule has 1 aromatic heterocycles. The minimum atomic E-state index is -3.64. The van der Waals surface area contributed by atoms with E-state index in [-0.39, 0.29) is 4.21 Å². The highest BCUT2D eigenvalue weighted by atomic mass is 35.5. The lowest BCUT2D eigenvalue weighted by molar-refractivity contribution is 0.596. The van der Waals surface area contributed by atoms with Crippen LogP contribution in [0.4, 0.5) is 5.69 Å². The Hall–Kier alpha value is -1.55. The van der Waals surface area contributed by atoms with E-state index in [0.717, 1.165) is 15.6 Å². The van der Waals surface area contributed by atoms with Gasteiger partial charge in [-0.25, -0.2) is 8.42 Å². The smallest absolute Gasteiger partial charge is 0.269 e. The topological polar surface area (TPSA) is 61.2 Å². The number of halogens is 1. The minimum Gasteiger partial charge on any atom is -0.269 e. The summed E-state index contributed by atoms with van der Waals surface area (Å²) in [6, 6.07) is 11.4. The molecule has 0 spiro atoms. The van der Waals surface area contributed by atoms with Crippen LogP contribution in [-0.2, 0) is 10.0 Å². The molecule has 0 aliphatic heterocycles. The van der Waals surface area contributed by atoms with Crippen molar-refractivity contribution < 1.29 is 8.42 Å². The maximum absolute atomic E-state index is 12.3. The highest BCUT2D eigenvalue weighted by molar-refractivity contribution is 7.94. The molecule has 0 N–H and O–H groups in total. The number of hydrogen-bond acceptors (Lipinski definition) is 4. The molecule has 4 nitrogen and oxygen atoms in total. The Morgan fingerprint density at radius 2 is 2.05 bits per heavy atom. The molecule has 98 valence electrons. The molecule has 0 atom stereocenters. The molecule has 1 heterocycles. The van der Waals surface area contributed by atoms with Crippen LogP contribution in [0, 0.1) is 11.3 Å². The largest absolute Gasteiger partial charge is 0.273 e. The molecule has 7 heteroatoms. The van der Waals surface area contributed by atoms with E-state index in [9.17, 15) is 8.42 Å². The third kappa shape index (κ3) is 2.73. The van der Waals surface area contributed by atoms with Gasteiger partial charge in [-0.05, 0) is 30.3 Å². The Bertz CT molecular complexity index is 747. The van der Waals surface area contributed by atoms with Crippen molar-refractivity contribution in [3.8, 4) is 6.07 Å². The van der Waals surface area contributed by atoms with Gasteiger partial charge in [-0.3, -0.25) is 4.31 Å². The van der Waals surface area contributed by atoms with Crippen LogP contribution in [0.5, 0.6) is 0 Å². The molecule has 0 unspecified atom stereocenters.